The van der Waals surface area contributed by atoms with Crippen LogP contribution in [0, 0.1) is 0 Å². The predicted molar refractivity (Wildman–Crippen MR) is 114 cm³/mol. The summed E-state index contributed by atoms with van der Waals surface area (Å²) in [5.41, 5.74) is 2.47. The van der Waals surface area contributed by atoms with E-state index in [2.05, 4.69) is 22.0 Å². The van der Waals surface area contributed by atoms with Crippen molar-refractivity contribution in [2.24, 2.45) is 0 Å². The maximum atomic E-state index is 13.0. The minimum absolute atomic E-state index is 0.327. The van der Waals surface area contributed by atoms with Gasteiger partial charge in [-0.1, -0.05) is 54.6 Å². The number of halogens is 1. The molecular formula is C22H19ClN4O3. The highest BCUT2D eigenvalue weighted by Gasteiger charge is 2.37. The zero-order chi connectivity index (χ0) is 21.1. The number of ether oxygens (including phenoxy) is 2. The van der Waals surface area contributed by atoms with E-state index in [4.69, 9.17) is 21.1 Å². The summed E-state index contributed by atoms with van der Waals surface area (Å²) in [5.74, 6) is 0.621. The number of hydrogen-bond donors (Lipinski definition) is 1. The standard InChI is InChI=1S/C22H19ClN4O3/c1-3-12-30-17-7-5-4-6-16(17)20-18(21(28)29-2)19(14-8-10-15(23)11-9-14)26-22-24-13-25-27(20)22/h3-11,13,20H,1,12H2,2H3,(H,24,25,26)/t20-/m1/s1. The monoisotopic (exact) mass is 422 g/mol. The molecule has 0 spiro atoms. The van der Waals surface area contributed by atoms with Gasteiger partial charge in [-0.25, -0.2) is 9.48 Å². The van der Waals surface area contributed by atoms with Gasteiger partial charge in [0.25, 0.3) is 0 Å². The first-order valence-corrected chi connectivity index (χ1v) is 9.59. The molecule has 1 N–H and O–H groups in total. The van der Waals surface area contributed by atoms with Gasteiger partial charge in [-0.2, -0.15) is 10.1 Å². The van der Waals surface area contributed by atoms with Crippen molar-refractivity contribution in [3.05, 3.63) is 89.2 Å². The van der Waals surface area contributed by atoms with Crippen molar-refractivity contribution in [3.63, 3.8) is 0 Å². The fourth-order valence-corrected chi connectivity index (χ4v) is 3.53. The van der Waals surface area contributed by atoms with Gasteiger partial charge in [0.05, 0.1) is 18.4 Å². The molecular weight excluding hydrogens is 404 g/mol. The smallest absolute Gasteiger partial charge is 0.338 e. The highest BCUT2D eigenvalue weighted by atomic mass is 35.5. The minimum atomic E-state index is -0.608. The molecule has 0 unspecified atom stereocenters. The summed E-state index contributed by atoms with van der Waals surface area (Å²) in [6, 6.07) is 14.1. The molecule has 2 heterocycles. The molecule has 30 heavy (non-hydrogen) atoms. The zero-order valence-electron chi connectivity index (χ0n) is 16.2. The average Bonchev–Trinajstić information content (AvgIpc) is 3.25. The molecule has 4 rings (SSSR count). The summed E-state index contributed by atoms with van der Waals surface area (Å²) < 4.78 is 12.6. The summed E-state index contributed by atoms with van der Waals surface area (Å²) in [4.78, 5) is 17.3. The molecule has 0 aliphatic carbocycles. The van der Waals surface area contributed by atoms with Gasteiger partial charge < -0.3 is 14.8 Å². The number of nitrogens with zero attached hydrogens (tertiary/aromatic N) is 3. The number of fused-ring (bicyclic) bond motifs is 1. The molecule has 1 aliphatic heterocycles. The predicted octanol–water partition coefficient (Wildman–Crippen LogP) is 4.10. The van der Waals surface area contributed by atoms with E-state index in [0.29, 0.717) is 34.6 Å². The van der Waals surface area contributed by atoms with Crippen LogP contribution in [-0.4, -0.2) is 34.5 Å². The first kappa shape index (κ1) is 19.7. The van der Waals surface area contributed by atoms with Crippen LogP contribution in [0.25, 0.3) is 5.70 Å². The van der Waals surface area contributed by atoms with Gasteiger partial charge >= 0.3 is 5.97 Å². The average molecular weight is 423 g/mol. The number of hydrogen-bond acceptors (Lipinski definition) is 6. The van der Waals surface area contributed by atoms with Crippen molar-refractivity contribution in [2.45, 2.75) is 6.04 Å². The summed E-state index contributed by atoms with van der Waals surface area (Å²) in [6.45, 7) is 4.03. The summed E-state index contributed by atoms with van der Waals surface area (Å²) in [7, 11) is 1.35. The van der Waals surface area contributed by atoms with E-state index in [1.807, 2.05) is 36.4 Å². The van der Waals surface area contributed by atoms with Crippen LogP contribution in [0.2, 0.25) is 5.02 Å². The molecule has 1 atom stereocenters. The van der Waals surface area contributed by atoms with Crippen molar-refractivity contribution < 1.29 is 14.3 Å². The third-order valence-corrected chi connectivity index (χ3v) is 4.96. The largest absolute Gasteiger partial charge is 0.489 e. The van der Waals surface area contributed by atoms with Crippen LogP contribution >= 0.6 is 11.6 Å². The molecule has 3 aromatic rings. The number of rotatable bonds is 6. The summed E-state index contributed by atoms with van der Waals surface area (Å²) in [6.07, 6.45) is 3.10. The Morgan fingerprint density at radius 1 is 1.27 bits per heavy atom. The lowest BCUT2D eigenvalue weighted by Gasteiger charge is -2.30. The normalized spacial score (nSPS) is 15.2. The zero-order valence-corrected chi connectivity index (χ0v) is 17.0. The van der Waals surface area contributed by atoms with Gasteiger partial charge in [0.2, 0.25) is 5.95 Å². The Morgan fingerprint density at radius 2 is 2.03 bits per heavy atom. The molecule has 152 valence electrons. The molecule has 0 saturated heterocycles. The van der Waals surface area contributed by atoms with E-state index in [9.17, 15) is 4.79 Å². The van der Waals surface area contributed by atoms with Crippen LogP contribution in [0.1, 0.15) is 17.2 Å². The van der Waals surface area contributed by atoms with Gasteiger partial charge in [-0.05, 0) is 23.8 Å². The molecule has 8 heteroatoms. The first-order chi connectivity index (χ1) is 14.6. The van der Waals surface area contributed by atoms with E-state index in [1.54, 1.807) is 22.9 Å². The second kappa shape index (κ2) is 8.42. The van der Waals surface area contributed by atoms with E-state index < -0.39 is 12.0 Å². The lowest BCUT2D eigenvalue weighted by Crippen LogP contribution is -2.29. The van der Waals surface area contributed by atoms with Crippen LogP contribution in [0.4, 0.5) is 5.95 Å². The van der Waals surface area contributed by atoms with Gasteiger partial charge in [0.1, 0.15) is 24.7 Å². The highest BCUT2D eigenvalue weighted by Crippen LogP contribution is 2.41. The topological polar surface area (TPSA) is 78.3 Å². The molecule has 1 aliphatic rings. The quantitative estimate of drug-likeness (QED) is 0.476. The van der Waals surface area contributed by atoms with Crippen LogP contribution in [0.15, 0.2) is 73.1 Å². The maximum absolute atomic E-state index is 13.0. The lowest BCUT2D eigenvalue weighted by molar-refractivity contribution is -0.136. The lowest BCUT2D eigenvalue weighted by atomic mass is 9.92. The maximum Gasteiger partial charge on any atom is 0.338 e. The molecule has 0 saturated carbocycles. The summed E-state index contributed by atoms with van der Waals surface area (Å²) in [5, 5.41) is 8.15. The minimum Gasteiger partial charge on any atom is -0.489 e. The number of esters is 1. The van der Waals surface area contributed by atoms with Crippen LogP contribution in [0.3, 0.4) is 0 Å². The second-order valence-corrected chi connectivity index (χ2v) is 6.92. The van der Waals surface area contributed by atoms with E-state index >= 15 is 0 Å². The molecule has 1 aromatic heterocycles. The number of carbonyl (C=O) groups is 1. The molecule has 7 nitrogen and oxygen atoms in total. The van der Waals surface area contributed by atoms with Crippen molar-refractivity contribution in [2.75, 3.05) is 19.0 Å². The van der Waals surface area contributed by atoms with Gasteiger partial charge in [-0.15, -0.1) is 0 Å². The van der Waals surface area contributed by atoms with Crippen LogP contribution in [0.5, 0.6) is 5.75 Å². The molecule has 0 bridgehead atoms. The number of anilines is 1. The Bertz CT molecular complexity index is 1120. The van der Waals surface area contributed by atoms with Crippen molar-refractivity contribution >= 4 is 29.2 Å². The molecule has 0 amide bonds. The Hall–Kier alpha value is -3.58. The second-order valence-electron chi connectivity index (χ2n) is 6.48. The van der Waals surface area contributed by atoms with Crippen LogP contribution < -0.4 is 10.1 Å². The highest BCUT2D eigenvalue weighted by molar-refractivity contribution is 6.30. The number of methoxy groups -OCH3 is 1. The SMILES string of the molecule is C=CCOc1ccccc1[C@@H]1C(C(=O)OC)=C(c2ccc(Cl)cc2)Nc2ncnn21. The van der Waals surface area contributed by atoms with Crippen LogP contribution in [-0.2, 0) is 9.53 Å². The number of aromatic nitrogens is 3. The van der Waals surface area contributed by atoms with E-state index in [1.165, 1.54) is 13.4 Å². The van der Waals surface area contributed by atoms with E-state index in [0.717, 1.165) is 11.1 Å². The first-order valence-electron chi connectivity index (χ1n) is 9.21. The number of nitrogens with one attached hydrogen (secondary N) is 1. The third kappa shape index (κ3) is 3.55. The number of para-hydroxylation sites is 1. The van der Waals surface area contributed by atoms with Crippen molar-refractivity contribution in [1.29, 1.82) is 0 Å². The third-order valence-electron chi connectivity index (χ3n) is 4.71. The Kier molecular flexibility index (Phi) is 5.54. The number of benzene rings is 2. The number of carbonyl (C=O) groups excluding carboxylic acids is 1. The van der Waals surface area contributed by atoms with E-state index in [-0.39, 0.29) is 0 Å². The van der Waals surface area contributed by atoms with Crippen molar-refractivity contribution in [3.8, 4) is 5.75 Å². The van der Waals surface area contributed by atoms with Gasteiger partial charge in [0, 0.05) is 10.6 Å². The molecule has 2 aromatic carbocycles. The Balaban J connectivity index is 1.96. The Labute approximate surface area is 178 Å². The fourth-order valence-electron chi connectivity index (χ4n) is 3.41. The molecule has 0 radical (unpaired) electrons. The van der Waals surface area contributed by atoms with Gasteiger partial charge in [0.15, 0.2) is 0 Å². The van der Waals surface area contributed by atoms with Gasteiger partial charge in [-0.3, -0.25) is 0 Å². The van der Waals surface area contributed by atoms with Crippen molar-refractivity contribution in [1.82, 2.24) is 14.8 Å². The summed E-state index contributed by atoms with van der Waals surface area (Å²) >= 11 is 6.06. The molecule has 0 fully saturated rings. The Morgan fingerprint density at radius 3 is 2.77 bits per heavy atom. The fraction of sp³-hybridized carbons (Fsp3) is 0.136.